The van der Waals surface area contributed by atoms with Crippen molar-refractivity contribution < 1.29 is 9.26 Å². The molecule has 2 heterocycles. The quantitative estimate of drug-likeness (QED) is 0.885. The molecule has 0 fully saturated rings. The molecule has 6 heteroatoms. The number of aromatic nitrogens is 2. The zero-order valence-electron chi connectivity index (χ0n) is 10.7. The zero-order valence-corrected chi connectivity index (χ0v) is 10.7. The molecule has 0 unspecified atom stereocenters. The highest BCUT2D eigenvalue weighted by Crippen LogP contribution is 2.22. The van der Waals surface area contributed by atoms with Crippen LogP contribution in [0, 0.1) is 6.92 Å². The zero-order chi connectivity index (χ0) is 13.1. The highest BCUT2D eigenvalue weighted by Gasteiger charge is 2.09. The van der Waals surface area contributed by atoms with Crippen molar-refractivity contribution in [2.24, 2.45) is 0 Å². The van der Waals surface area contributed by atoms with Gasteiger partial charge in [-0.3, -0.25) is 0 Å². The van der Waals surface area contributed by atoms with Gasteiger partial charge in [0.1, 0.15) is 17.3 Å². The number of aryl methyl sites for hydroxylation is 1. The Bertz CT molecular complexity index is 539. The number of nitrogen functional groups attached to an aromatic ring is 1. The molecule has 0 saturated carbocycles. The van der Waals surface area contributed by atoms with Gasteiger partial charge < -0.3 is 19.9 Å². The molecule has 6 nitrogen and oxygen atoms in total. The number of ether oxygens (including phenoxy) is 1. The third-order valence-electron chi connectivity index (χ3n) is 2.54. The van der Waals surface area contributed by atoms with Crippen molar-refractivity contribution in [3.05, 3.63) is 29.7 Å². The Morgan fingerprint density at radius 3 is 2.83 bits per heavy atom. The molecule has 0 bridgehead atoms. The fourth-order valence-electron chi connectivity index (χ4n) is 1.63. The van der Waals surface area contributed by atoms with E-state index in [2.05, 4.69) is 10.1 Å². The average Bonchev–Trinajstić information content (AvgIpc) is 2.75. The average molecular weight is 248 g/mol. The van der Waals surface area contributed by atoms with E-state index >= 15 is 0 Å². The van der Waals surface area contributed by atoms with Crippen LogP contribution in [0.4, 0.5) is 11.5 Å². The minimum Gasteiger partial charge on any atom is -0.479 e. The highest BCUT2D eigenvalue weighted by molar-refractivity contribution is 5.54. The largest absolute Gasteiger partial charge is 0.479 e. The molecule has 96 valence electrons. The number of pyridine rings is 1. The maximum absolute atomic E-state index is 5.72. The summed E-state index contributed by atoms with van der Waals surface area (Å²) in [5.74, 6) is 1.98. The molecule has 0 spiro atoms. The Hall–Kier alpha value is -2.24. The lowest BCUT2D eigenvalue weighted by Crippen LogP contribution is -2.18. The lowest BCUT2D eigenvalue weighted by molar-refractivity contribution is 0.390. The first-order chi connectivity index (χ1) is 8.60. The van der Waals surface area contributed by atoms with Crippen molar-refractivity contribution in [3.63, 3.8) is 0 Å². The highest BCUT2D eigenvalue weighted by atomic mass is 16.5. The third-order valence-corrected chi connectivity index (χ3v) is 2.54. The predicted octanol–water partition coefficient (Wildman–Crippen LogP) is 1.61. The SMILES string of the molecule is COc1nc(N(C)Cc2cc(C)on2)ccc1N. The fraction of sp³-hybridized carbons (Fsp3) is 0.333. The Morgan fingerprint density at radius 1 is 1.44 bits per heavy atom. The van der Waals surface area contributed by atoms with E-state index < -0.39 is 0 Å². The van der Waals surface area contributed by atoms with Gasteiger partial charge in [0.2, 0.25) is 5.88 Å². The topological polar surface area (TPSA) is 77.4 Å². The fourth-order valence-corrected chi connectivity index (χ4v) is 1.63. The first-order valence-electron chi connectivity index (χ1n) is 5.54. The summed E-state index contributed by atoms with van der Waals surface area (Å²) in [4.78, 5) is 6.26. The molecule has 2 rings (SSSR count). The Labute approximate surface area is 105 Å². The second-order valence-corrected chi connectivity index (χ2v) is 4.05. The Balaban J connectivity index is 2.15. The third kappa shape index (κ3) is 2.53. The van der Waals surface area contributed by atoms with Crippen molar-refractivity contribution >= 4 is 11.5 Å². The van der Waals surface area contributed by atoms with Crippen molar-refractivity contribution in [1.29, 1.82) is 0 Å². The van der Waals surface area contributed by atoms with E-state index in [0.29, 0.717) is 18.1 Å². The molecule has 0 amide bonds. The molecule has 18 heavy (non-hydrogen) atoms. The van der Waals surface area contributed by atoms with Gasteiger partial charge in [0.05, 0.1) is 19.3 Å². The van der Waals surface area contributed by atoms with Crippen molar-refractivity contribution in [2.45, 2.75) is 13.5 Å². The van der Waals surface area contributed by atoms with E-state index in [1.807, 2.05) is 31.0 Å². The summed E-state index contributed by atoms with van der Waals surface area (Å²) in [6.07, 6.45) is 0. The molecular weight excluding hydrogens is 232 g/mol. The summed E-state index contributed by atoms with van der Waals surface area (Å²) >= 11 is 0. The van der Waals surface area contributed by atoms with Crippen LogP contribution in [0.3, 0.4) is 0 Å². The van der Waals surface area contributed by atoms with Crippen molar-refractivity contribution in [3.8, 4) is 5.88 Å². The first-order valence-corrected chi connectivity index (χ1v) is 5.54. The van der Waals surface area contributed by atoms with Crippen LogP contribution in [0.1, 0.15) is 11.5 Å². The number of rotatable bonds is 4. The molecular formula is C12H16N4O2. The molecule has 0 aliphatic heterocycles. The van der Waals surface area contributed by atoms with Crippen LogP contribution in [0.5, 0.6) is 5.88 Å². The summed E-state index contributed by atoms with van der Waals surface area (Å²) < 4.78 is 10.1. The van der Waals surface area contributed by atoms with Crippen LogP contribution in [0.15, 0.2) is 22.7 Å². The van der Waals surface area contributed by atoms with E-state index in [9.17, 15) is 0 Å². The maximum Gasteiger partial charge on any atom is 0.238 e. The molecule has 0 aromatic carbocycles. The molecule has 2 N–H and O–H groups in total. The van der Waals surface area contributed by atoms with Gasteiger partial charge in [-0.05, 0) is 19.1 Å². The molecule has 2 aromatic rings. The summed E-state index contributed by atoms with van der Waals surface area (Å²) in [7, 11) is 3.46. The van der Waals surface area contributed by atoms with E-state index in [1.165, 1.54) is 0 Å². The number of methoxy groups -OCH3 is 1. The van der Waals surface area contributed by atoms with Crippen LogP contribution in [-0.4, -0.2) is 24.3 Å². The van der Waals surface area contributed by atoms with E-state index in [4.69, 9.17) is 15.0 Å². The molecule has 0 aliphatic rings. The van der Waals surface area contributed by atoms with Crippen LogP contribution in [0.2, 0.25) is 0 Å². The van der Waals surface area contributed by atoms with Crippen LogP contribution in [0.25, 0.3) is 0 Å². The number of anilines is 2. The molecule has 0 saturated heterocycles. The maximum atomic E-state index is 5.72. The van der Waals surface area contributed by atoms with Crippen LogP contribution in [-0.2, 0) is 6.54 Å². The van der Waals surface area contributed by atoms with Crippen molar-refractivity contribution in [2.75, 3.05) is 24.8 Å². The summed E-state index contributed by atoms with van der Waals surface area (Å²) in [5.41, 5.74) is 7.10. The normalized spacial score (nSPS) is 10.4. The van der Waals surface area contributed by atoms with Crippen LogP contribution >= 0.6 is 0 Å². The van der Waals surface area contributed by atoms with Gasteiger partial charge in [-0.25, -0.2) is 0 Å². The number of hydrogen-bond donors (Lipinski definition) is 1. The molecule has 0 aliphatic carbocycles. The number of nitrogens with zero attached hydrogens (tertiary/aromatic N) is 3. The summed E-state index contributed by atoms with van der Waals surface area (Å²) in [5, 5.41) is 3.94. The molecule has 2 aromatic heterocycles. The minimum absolute atomic E-state index is 0.427. The van der Waals surface area contributed by atoms with Gasteiger partial charge in [-0.2, -0.15) is 4.98 Å². The van der Waals surface area contributed by atoms with Crippen LogP contribution < -0.4 is 15.4 Å². The lowest BCUT2D eigenvalue weighted by atomic mass is 10.3. The van der Waals surface area contributed by atoms with E-state index in [0.717, 1.165) is 17.3 Å². The van der Waals surface area contributed by atoms with E-state index in [1.54, 1.807) is 13.2 Å². The Kier molecular flexibility index (Phi) is 3.36. The van der Waals surface area contributed by atoms with E-state index in [-0.39, 0.29) is 0 Å². The number of nitrogens with two attached hydrogens (primary N) is 1. The Morgan fingerprint density at radius 2 is 2.22 bits per heavy atom. The first kappa shape index (κ1) is 12.2. The molecule has 0 radical (unpaired) electrons. The minimum atomic E-state index is 0.427. The molecule has 0 atom stereocenters. The summed E-state index contributed by atoms with van der Waals surface area (Å²) in [6.45, 7) is 2.47. The smallest absolute Gasteiger partial charge is 0.238 e. The van der Waals surface area contributed by atoms with Gasteiger partial charge in [-0.1, -0.05) is 5.16 Å². The van der Waals surface area contributed by atoms with Gasteiger partial charge in [-0.15, -0.1) is 0 Å². The lowest BCUT2D eigenvalue weighted by Gasteiger charge is -2.17. The summed E-state index contributed by atoms with van der Waals surface area (Å²) in [6, 6.07) is 5.50. The predicted molar refractivity (Wildman–Crippen MR) is 68.5 cm³/mol. The standard InChI is InChI=1S/C12H16N4O2/c1-8-6-9(15-18-8)7-16(2)11-5-4-10(13)12(14-11)17-3/h4-6H,7,13H2,1-3H3. The van der Waals surface area contributed by atoms with Gasteiger partial charge in [0.25, 0.3) is 0 Å². The van der Waals surface area contributed by atoms with Gasteiger partial charge in [0.15, 0.2) is 0 Å². The number of hydrogen-bond acceptors (Lipinski definition) is 6. The van der Waals surface area contributed by atoms with Gasteiger partial charge in [0, 0.05) is 13.1 Å². The second-order valence-electron chi connectivity index (χ2n) is 4.05. The monoisotopic (exact) mass is 248 g/mol. The second kappa shape index (κ2) is 4.95. The van der Waals surface area contributed by atoms with Gasteiger partial charge >= 0.3 is 0 Å². The van der Waals surface area contributed by atoms with Crippen molar-refractivity contribution in [1.82, 2.24) is 10.1 Å².